The summed E-state index contributed by atoms with van der Waals surface area (Å²) in [5.41, 5.74) is 3.55. The van der Waals surface area contributed by atoms with Crippen LogP contribution < -0.4 is 0 Å². The van der Waals surface area contributed by atoms with Gasteiger partial charge in [-0.25, -0.2) is 15.0 Å². The van der Waals surface area contributed by atoms with Crippen molar-refractivity contribution in [3.05, 3.63) is 65.6 Å². The van der Waals surface area contributed by atoms with Gasteiger partial charge in [0.2, 0.25) is 11.2 Å². The van der Waals surface area contributed by atoms with Gasteiger partial charge in [0.1, 0.15) is 0 Å². The van der Waals surface area contributed by atoms with Crippen LogP contribution in [0.5, 0.6) is 0 Å². The average Bonchev–Trinajstić information content (AvgIpc) is 3.01. The molecule has 0 N–H and O–H groups in total. The normalized spacial score (nSPS) is 11.1. The van der Waals surface area contributed by atoms with Crippen molar-refractivity contribution in [3.63, 3.8) is 0 Å². The molecule has 1 aromatic carbocycles. The number of aryl methyl sites for hydroxylation is 1. The van der Waals surface area contributed by atoms with Crippen LogP contribution in [-0.2, 0) is 0 Å². The Labute approximate surface area is 146 Å². The van der Waals surface area contributed by atoms with E-state index in [0.29, 0.717) is 0 Å². The minimum Gasteiger partial charge on any atom is -0.228 e. The van der Waals surface area contributed by atoms with Gasteiger partial charge in [0, 0.05) is 23.2 Å². The summed E-state index contributed by atoms with van der Waals surface area (Å²) >= 11 is 7.50. The molecule has 4 rings (SSSR count). The predicted molar refractivity (Wildman–Crippen MR) is 95.8 cm³/mol. The standard InChI is InChI=1S/C18H11ClFN3S/c1-10-9-22-16(20)8-13(10)12-4-2-3-11-7-15(24-17(11)12)14-5-6-21-18(19)23-14/h2-9H,1H3. The zero-order valence-electron chi connectivity index (χ0n) is 12.6. The second-order valence-electron chi connectivity index (χ2n) is 5.37. The number of nitrogens with zero attached hydrogens (tertiary/aromatic N) is 3. The molecule has 0 radical (unpaired) electrons. The first-order chi connectivity index (χ1) is 11.6. The van der Waals surface area contributed by atoms with E-state index in [1.807, 2.05) is 31.2 Å². The maximum Gasteiger partial charge on any atom is 0.222 e. The third-order valence-electron chi connectivity index (χ3n) is 3.78. The SMILES string of the molecule is Cc1cnc(F)cc1-c1cccc2cc(-c3ccnc(Cl)n3)sc12. The summed E-state index contributed by atoms with van der Waals surface area (Å²) in [5, 5.41) is 1.30. The molecule has 0 atom stereocenters. The van der Waals surface area contributed by atoms with Crippen molar-refractivity contribution in [2.24, 2.45) is 0 Å². The minimum atomic E-state index is -0.480. The molecule has 0 bridgehead atoms. The molecule has 0 saturated carbocycles. The Morgan fingerprint density at radius 3 is 2.79 bits per heavy atom. The van der Waals surface area contributed by atoms with Crippen molar-refractivity contribution in [2.75, 3.05) is 0 Å². The molecule has 0 fully saturated rings. The van der Waals surface area contributed by atoms with Crippen LogP contribution in [-0.4, -0.2) is 15.0 Å². The average molecular weight is 356 g/mol. The van der Waals surface area contributed by atoms with Gasteiger partial charge in [-0.1, -0.05) is 18.2 Å². The van der Waals surface area contributed by atoms with E-state index in [2.05, 4.69) is 21.0 Å². The van der Waals surface area contributed by atoms with Crippen molar-refractivity contribution in [2.45, 2.75) is 6.92 Å². The molecule has 0 unspecified atom stereocenters. The molecular weight excluding hydrogens is 345 g/mol. The zero-order valence-corrected chi connectivity index (χ0v) is 14.2. The molecule has 0 saturated heterocycles. The van der Waals surface area contributed by atoms with Crippen LogP contribution >= 0.6 is 22.9 Å². The lowest BCUT2D eigenvalue weighted by molar-refractivity contribution is 0.583. The molecule has 6 heteroatoms. The molecule has 3 nitrogen and oxygen atoms in total. The van der Waals surface area contributed by atoms with E-state index >= 15 is 0 Å². The molecule has 0 amide bonds. The predicted octanol–water partition coefficient (Wildman–Crippen LogP) is 5.52. The van der Waals surface area contributed by atoms with E-state index in [9.17, 15) is 4.39 Å². The lowest BCUT2D eigenvalue weighted by Gasteiger charge is -2.07. The fraction of sp³-hybridized carbons (Fsp3) is 0.0556. The van der Waals surface area contributed by atoms with E-state index < -0.39 is 5.95 Å². The van der Waals surface area contributed by atoms with E-state index in [-0.39, 0.29) is 5.28 Å². The van der Waals surface area contributed by atoms with Gasteiger partial charge in [0.05, 0.1) is 10.6 Å². The molecule has 0 aliphatic carbocycles. The third kappa shape index (κ3) is 2.66. The largest absolute Gasteiger partial charge is 0.228 e. The Morgan fingerprint density at radius 1 is 1.08 bits per heavy atom. The Kier molecular flexibility index (Phi) is 3.75. The second-order valence-corrected chi connectivity index (χ2v) is 6.76. The number of aromatic nitrogens is 3. The molecule has 0 aliphatic rings. The van der Waals surface area contributed by atoms with Gasteiger partial charge >= 0.3 is 0 Å². The van der Waals surface area contributed by atoms with Crippen LogP contribution in [0.4, 0.5) is 4.39 Å². The molecule has 0 spiro atoms. The van der Waals surface area contributed by atoms with Gasteiger partial charge in [0.15, 0.2) is 0 Å². The summed E-state index contributed by atoms with van der Waals surface area (Å²) < 4.78 is 14.7. The van der Waals surface area contributed by atoms with Gasteiger partial charge in [-0.2, -0.15) is 4.39 Å². The molecule has 4 aromatic rings. The summed E-state index contributed by atoms with van der Waals surface area (Å²) in [6.07, 6.45) is 3.20. The number of rotatable bonds is 2. The molecule has 3 aromatic heterocycles. The Bertz CT molecular complexity index is 1060. The smallest absolute Gasteiger partial charge is 0.222 e. The fourth-order valence-corrected chi connectivity index (χ4v) is 3.97. The number of pyridine rings is 1. The Hall–Kier alpha value is -2.37. The van der Waals surface area contributed by atoms with E-state index in [1.165, 1.54) is 6.07 Å². The van der Waals surface area contributed by atoms with Gasteiger partial charge in [0.25, 0.3) is 0 Å². The summed E-state index contributed by atoms with van der Waals surface area (Å²) in [4.78, 5) is 12.9. The fourth-order valence-electron chi connectivity index (χ4n) is 2.66. The van der Waals surface area contributed by atoms with Crippen LogP contribution in [0.1, 0.15) is 5.56 Å². The first kappa shape index (κ1) is 15.2. The third-order valence-corrected chi connectivity index (χ3v) is 5.17. The quantitative estimate of drug-likeness (QED) is 0.351. The van der Waals surface area contributed by atoms with Gasteiger partial charge in [-0.05, 0) is 52.7 Å². The number of thiophene rings is 1. The van der Waals surface area contributed by atoms with Crippen molar-refractivity contribution in [1.82, 2.24) is 15.0 Å². The van der Waals surface area contributed by atoms with Crippen LogP contribution in [0.3, 0.4) is 0 Å². The van der Waals surface area contributed by atoms with E-state index in [0.717, 1.165) is 37.3 Å². The number of benzene rings is 1. The number of fused-ring (bicyclic) bond motifs is 1. The summed E-state index contributed by atoms with van der Waals surface area (Å²) in [6, 6.07) is 11.4. The molecule has 3 heterocycles. The van der Waals surface area contributed by atoms with Gasteiger partial charge in [-0.3, -0.25) is 0 Å². The highest BCUT2D eigenvalue weighted by atomic mass is 35.5. The topological polar surface area (TPSA) is 38.7 Å². The van der Waals surface area contributed by atoms with Crippen LogP contribution in [0, 0.1) is 12.9 Å². The van der Waals surface area contributed by atoms with Crippen LogP contribution in [0.15, 0.2) is 48.8 Å². The highest BCUT2D eigenvalue weighted by molar-refractivity contribution is 7.22. The van der Waals surface area contributed by atoms with Crippen LogP contribution in [0.2, 0.25) is 5.28 Å². The van der Waals surface area contributed by atoms with Gasteiger partial charge in [-0.15, -0.1) is 11.3 Å². The number of halogens is 2. The molecule has 24 heavy (non-hydrogen) atoms. The number of hydrogen-bond acceptors (Lipinski definition) is 4. The highest BCUT2D eigenvalue weighted by Crippen LogP contribution is 2.39. The van der Waals surface area contributed by atoms with E-state index in [1.54, 1.807) is 23.7 Å². The van der Waals surface area contributed by atoms with Crippen LogP contribution in [0.25, 0.3) is 31.8 Å². The van der Waals surface area contributed by atoms with Crippen molar-refractivity contribution in [3.8, 4) is 21.7 Å². The maximum absolute atomic E-state index is 13.6. The summed E-state index contributed by atoms with van der Waals surface area (Å²) in [7, 11) is 0. The van der Waals surface area contributed by atoms with Gasteiger partial charge < -0.3 is 0 Å². The lowest BCUT2D eigenvalue weighted by atomic mass is 10.0. The molecular formula is C18H11ClFN3S. The second kappa shape index (κ2) is 5.92. The van der Waals surface area contributed by atoms with Crippen molar-refractivity contribution < 1.29 is 4.39 Å². The highest BCUT2D eigenvalue weighted by Gasteiger charge is 2.13. The summed E-state index contributed by atoms with van der Waals surface area (Å²) in [5.74, 6) is -0.480. The first-order valence-corrected chi connectivity index (χ1v) is 8.45. The zero-order chi connectivity index (χ0) is 16.7. The minimum absolute atomic E-state index is 0.220. The molecule has 118 valence electrons. The first-order valence-electron chi connectivity index (χ1n) is 7.26. The number of hydrogen-bond donors (Lipinski definition) is 0. The van der Waals surface area contributed by atoms with Crippen molar-refractivity contribution in [1.29, 1.82) is 0 Å². The Morgan fingerprint density at radius 2 is 1.96 bits per heavy atom. The lowest BCUT2D eigenvalue weighted by Crippen LogP contribution is -1.89. The monoisotopic (exact) mass is 355 g/mol. The maximum atomic E-state index is 13.6. The Balaban J connectivity index is 1.94. The van der Waals surface area contributed by atoms with E-state index in [4.69, 9.17) is 11.6 Å². The molecule has 0 aliphatic heterocycles. The summed E-state index contributed by atoms with van der Waals surface area (Å²) in [6.45, 7) is 1.93. The van der Waals surface area contributed by atoms with Crippen molar-refractivity contribution >= 4 is 33.0 Å².